The quantitative estimate of drug-likeness (QED) is 0.133. The predicted octanol–water partition coefficient (Wildman–Crippen LogP) is 5.39. The molecule has 40 heavy (non-hydrogen) atoms. The van der Waals surface area contributed by atoms with E-state index in [1.54, 1.807) is 18.2 Å². The summed E-state index contributed by atoms with van der Waals surface area (Å²) in [5.41, 5.74) is 0.646. The number of carbonyl (C=O) groups excluding carboxylic acids is 4. The van der Waals surface area contributed by atoms with Crippen molar-refractivity contribution in [1.29, 1.82) is 0 Å². The third-order valence-corrected chi connectivity index (χ3v) is 5.91. The Balaban J connectivity index is 2.89. The van der Waals surface area contributed by atoms with Crippen LogP contribution in [0.1, 0.15) is 85.1 Å². The molecule has 0 aliphatic carbocycles. The van der Waals surface area contributed by atoms with Crippen LogP contribution in [0.25, 0.3) is 0 Å². The Morgan fingerprint density at radius 2 is 1.43 bits per heavy atom. The maximum absolute atomic E-state index is 12.5. The van der Waals surface area contributed by atoms with Crippen LogP contribution in [0.5, 0.6) is 11.5 Å². The highest BCUT2D eigenvalue weighted by molar-refractivity contribution is 5.77. The number of benzene rings is 1. The lowest BCUT2D eigenvalue weighted by Crippen LogP contribution is -2.41. The summed E-state index contributed by atoms with van der Waals surface area (Å²) in [6.45, 7) is 10.6. The zero-order valence-electron chi connectivity index (χ0n) is 24.9. The van der Waals surface area contributed by atoms with Gasteiger partial charge in [-0.05, 0) is 55.2 Å². The third kappa shape index (κ3) is 15.5. The number of esters is 3. The second-order valence-electron chi connectivity index (χ2n) is 10.5. The van der Waals surface area contributed by atoms with Gasteiger partial charge in [0.25, 0.3) is 0 Å². The molecule has 10 heteroatoms. The van der Waals surface area contributed by atoms with E-state index in [0.717, 1.165) is 19.3 Å². The molecule has 10 nitrogen and oxygen atoms in total. The fraction of sp³-hybridized carbons (Fsp3) is 0.667. The third-order valence-electron chi connectivity index (χ3n) is 5.91. The number of ether oxygens (including phenoxy) is 5. The Kier molecular flexibility index (Phi) is 17.3. The number of unbranched alkanes of at least 4 members (excludes halogenated alkanes) is 2. The first-order valence-electron chi connectivity index (χ1n) is 14.2. The molecule has 0 fully saturated rings. The Morgan fingerprint density at radius 3 is 2.00 bits per heavy atom. The van der Waals surface area contributed by atoms with E-state index in [-0.39, 0.29) is 43.9 Å². The van der Waals surface area contributed by atoms with E-state index in [9.17, 15) is 19.2 Å². The molecule has 0 saturated heterocycles. The number of hydrogen-bond donors (Lipinski definition) is 1. The van der Waals surface area contributed by atoms with Crippen molar-refractivity contribution in [2.45, 2.75) is 92.0 Å². The van der Waals surface area contributed by atoms with Crippen molar-refractivity contribution in [3.8, 4) is 11.5 Å². The lowest BCUT2D eigenvalue weighted by Gasteiger charge is -2.18. The molecule has 0 unspecified atom stereocenters. The van der Waals surface area contributed by atoms with E-state index in [1.807, 2.05) is 27.7 Å². The monoisotopic (exact) mass is 565 g/mol. The zero-order chi connectivity index (χ0) is 29.9. The lowest BCUT2D eigenvalue weighted by molar-refractivity contribution is -0.143. The second-order valence-corrected chi connectivity index (χ2v) is 10.5. The first-order chi connectivity index (χ1) is 19.0. The Hall–Kier alpha value is -3.14. The normalized spacial score (nSPS) is 11.7. The summed E-state index contributed by atoms with van der Waals surface area (Å²) in [4.78, 5) is 49.0. The van der Waals surface area contributed by atoms with Crippen LogP contribution in [0.3, 0.4) is 0 Å². The minimum Gasteiger partial charge on any atom is -0.468 e. The van der Waals surface area contributed by atoms with Crippen molar-refractivity contribution in [1.82, 2.24) is 5.32 Å². The number of rotatable bonds is 19. The molecule has 0 spiro atoms. The highest BCUT2D eigenvalue weighted by atomic mass is 16.7. The van der Waals surface area contributed by atoms with Crippen molar-refractivity contribution in [2.75, 3.05) is 26.9 Å². The fourth-order valence-corrected chi connectivity index (χ4v) is 3.54. The summed E-state index contributed by atoms with van der Waals surface area (Å²) in [7, 11) is 1.28. The van der Waals surface area contributed by atoms with Gasteiger partial charge in [0, 0.05) is 19.4 Å². The molecule has 1 rings (SSSR count). The number of nitrogens with one attached hydrogen (secondary N) is 1. The van der Waals surface area contributed by atoms with Crippen LogP contribution in [0.15, 0.2) is 18.2 Å². The summed E-state index contributed by atoms with van der Waals surface area (Å²) in [5, 5.41) is 3.02. The van der Waals surface area contributed by atoms with Gasteiger partial charge in [-0.15, -0.1) is 0 Å². The molecule has 0 bridgehead atoms. The molecule has 0 aliphatic rings. The SMILES string of the molecule is CCCCCOC(=O)OCCN[C@@H](Cc1ccc(OC(=O)CCC(C)C)c(OC(=O)CCC(C)C)c1)C(=O)OC. The highest BCUT2D eigenvalue weighted by Gasteiger charge is 2.22. The minimum absolute atomic E-state index is 0.00405. The van der Waals surface area contributed by atoms with Gasteiger partial charge in [0.05, 0.1) is 13.7 Å². The molecule has 1 N–H and O–H groups in total. The molecule has 0 amide bonds. The van der Waals surface area contributed by atoms with E-state index < -0.39 is 30.1 Å². The van der Waals surface area contributed by atoms with Gasteiger partial charge in [-0.1, -0.05) is 53.5 Å². The second kappa shape index (κ2) is 19.8. The van der Waals surface area contributed by atoms with E-state index in [1.165, 1.54) is 7.11 Å². The maximum Gasteiger partial charge on any atom is 0.508 e. The Morgan fingerprint density at radius 1 is 0.825 bits per heavy atom. The summed E-state index contributed by atoms with van der Waals surface area (Å²) in [6.07, 6.45) is 3.99. The van der Waals surface area contributed by atoms with Gasteiger partial charge in [-0.25, -0.2) is 4.79 Å². The van der Waals surface area contributed by atoms with Crippen LogP contribution < -0.4 is 14.8 Å². The van der Waals surface area contributed by atoms with Crippen LogP contribution in [0.2, 0.25) is 0 Å². The van der Waals surface area contributed by atoms with E-state index >= 15 is 0 Å². The zero-order valence-corrected chi connectivity index (χ0v) is 24.9. The predicted molar refractivity (Wildman–Crippen MR) is 150 cm³/mol. The maximum atomic E-state index is 12.5. The standard InChI is InChI=1S/C30H47NO9/c1-7-8-9-17-37-30(35)38-18-16-31-24(29(34)36-6)19-23-12-13-25(39-27(32)14-10-21(2)3)26(20-23)40-28(33)15-11-22(4)5/h12-13,20-22,24,31H,7-11,14-19H2,1-6H3/t24-/m0/s1. The average molecular weight is 566 g/mol. The smallest absolute Gasteiger partial charge is 0.468 e. The van der Waals surface area contributed by atoms with E-state index in [2.05, 4.69) is 12.2 Å². The molecule has 1 atom stereocenters. The minimum atomic E-state index is -0.766. The van der Waals surface area contributed by atoms with Crippen LogP contribution in [-0.2, 0) is 35.0 Å². The van der Waals surface area contributed by atoms with Crippen LogP contribution in [0, 0.1) is 11.8 Å². The molecular weight excluding hydrogens is 518 g/mol. The van der Waals surface area contributed by atoms with Gasteiger partial charge >= 0.3 is 24.1 Å². The van der Waals surface area contributed by atoms with Crippen LogP contribution >= 0.6 is 0 Å². The van der Waals surface area contributed by atoms with Gasteiger partial charge in [-0.3, -0.25) is 14.4 Å². The van der Waals surface area contributed by atoms with Gasteiger partial charge in [0.2, 0.25) is 0 Å². The summed E-state index contributed by atoms with van der Waals surface area (Å²) in [5.74, 6) is -0.447. The molecule has 0 heterocycles. The van der Waals surface area contributed by atoms with Gasteiger partial charge in [0.1, 0.15) is 12.6 Å². The molecule has 1 aromatic carbocycles. The molecule has 226 valence electrons. The molecule has 0 aliphatic heterocycles. The Bertz CT molecular complexity index is 930. The lowest BCUT2D eigenvalue weighted by atomic mass is 10.0. The van der Waals surface area contributed by atoms with Crippen LogP contribution in [-0.4, -0.2) is 57.0 Å². The van der Waals surface area contributed by atoms with Crippen molar-refractivity contribution in [3.63, 3.8) is 0 Å². The van der Waals surface area contributed by atoms with E-state index in [4.69, 9.17) is 23.7 Å². The van der Waals surface area contributed by atoms with Gasteiger partial charge in [-0.2, -0.15) is 0 Å². The summed E-state index contributed by atoms with van der Waals surface area (Å²) >= 11 is 0. The van der Waals surface area contributed by atoms with Gasteiger partial charge in [0.15, 0.2) is 11.5 Å². The first-order valence-corrected chi connectivity index (χ1v) is 14.2. The van der Waals surface area contributed by atoms with Crippen molar-refractivity contribution in [2.24, 2.45) is 11.8 Å². The molecular formula is C30H47NO9. The van der Waals surface area contributed by atoms with Gasteiger partial charge < -0.3 is 29.0 Å². The first kappa shape index (κ1) is 34.9. The molecule has 0 aromatic heterocycles. The summed E-state index contributed by atoms with van der Waals surface area (Å²) < 4.78 is 26.1. The molecule has 0 radical (unpaired) electrons. The van der Waals surface area contributed by atoms with Crippen LogP contribution in [0.4, 0.5) is 4.79 Å². The largest absolute Gasteiger partial charge is 0.508 e. The topological polar surface area (TPSA) is 126 Å². The number of carbonyl (C=O) groups is 4. The molecule has 1 aromatic rings. The summed E-state index contributed by atoms with van der Waals surface area (Å²) in [6, 6.07) is 4.07. The van der Waals surface area contributed by atoms with Crippen molar-refractivity contribution in [3.05, 3.63) is 23.8 Å². The average Bonchev–Trinajstić information content (AvgIpc) is 2.91. The van der Waals surface area contributed by atoms with E-state index in [0.29, 0.717) is 36.8 Å². The van der Waals surface area contributed by atoms with Crippen molar-refractivity contribution < 1.29 is 42.9 Å². The highest BCUT2D eigenvalue weighted by Crippen LogP contribution is 2.30. The van der Waals surface area contributed by atoms with Crippen molar-refractivity contribution >= 4 is 24.1 Å². The number of methoxy groups -OCH3 is 1. The number of hydrogen-bond acceptors (Lipinski definition) is 10. The fourth-order valence-electron chi connectivity index (χ4n) is 3.54. The Labute approximate surface area is 238 Å². The molecule has 0 saturated carbocycles.